The Morgan fingerprint density at radius 2 is 1.46 bits per heavy atom. The van der Waals surface area contributed by atoms with Crippen LogP contribution in [0.15, 0.2) is 48.5 Å². The normalized spacial score (nSPS) is 38.1. The summed E-state index contributed by atoms with van der Waals surface area (Å²) in [5.41, 5.74) is 30.7. The third-order valence-electron chi connectivity index (χ3n) is 9.90. The van der Waals surface area contributed by atoms with E-state index in [1.54, 1.807) is 50.2 Å². The maximum Gasteiger partial charge on any atom is 0.316 e. The highest BCUT2D eigenvalue weighted by atomic mass is 19.1. The molecule has 16 heteroatoms. The molecule has 278 valence electrons. The van der Waals surface area contributed by atoms with Crippen LogP contribution in [0.2, 0.25) is 0 Å². The molecule has 0 bridgehead atoms. The second-order valence-corrected chi connectivity index (χ2v) is 13.9. The van der Waals surface area contributed by atoms with E-state index < -0.39 is 109 Å². The lowest BCUT2D eigenvalue weighted by molar-refractivity contribution is -0.315. The molecule has 0 aromatic heterocycles. The van der Waals surface area contributed by atoms with Gasteiger partial charge < -0.3 is 72.8 Å². The zero-order valence-corrected chi connectivity index (χ0v) is 28.0. The average Bonchev–Trinajstić information content (AvgIpc) is 3.08. The van der Waals surface area contributed by atoms with E-state index in [9.17, 15) is 25.2 Å². The maximum absolute atomic E-state index is 15.1. The summed E-state index contributed by atoms with van der Waals surface area (Å²) in [5, 5.41) is 43.2. The van der Waals surface area contributed by atoms with Crippen LogP contribution in [0.3, 0.4) is 0 Å². The van der Waals surface area contributed by atoms with Crippen LogP contribution in [0, 0.1) is 5.82 Å². The van der Waals surface area contributed by atoms with E-state index in [0.29, 0.717) is 16.7 Å². The summed E-state index contributed by atoms with van der Waals surface area (Å²) in [7, 11) is 0. The molecule has 2 heterocycles. The minimum atomic E-state index is -1.57. The van der Waals surface area contributed by atoms with Crippen LogP contribution >= 0.6 is 0 Å². The topological polar surface area (TPSA) is 274 Å². The Kier molecular flexibility index (Phi) is 12.3. The van der Waals surface area contributed by atoms with Crippen LogP contribution in [0.1, 0.15) is 32.3 Å². The number of nitrogens with two attached hydrogens (primary N) is 5. The van der Waals surface area contributed by atoms with Gasteiger partial charge in [0.2, 0.25) is 0 Å². The van der Waals surface area contributed by atoms with Crippen molar-refractivity contribution in [3.63, 3.8) is 0 Å². The minimum Gasteiger partial charge on any atom is -0.462 e. The van der Waals surface area contributed by atoms with Gasteiger partial charge in [-0.3, -0.25) is 4.79 Å². The Balaban J connectivity index is 1.23. The van der Waals surface area contributed by atoms with Crippen molar-refractivity contribution in [1.29, 1.82) is 0 Å². The molecule has 0 radical (unpaired) electrons. The first-order valence-corrected chi connectivity index (χ1v) is 16.7. The van der Waals surface area contributed by atoms with E-state index in [2.05, 4.69) is 0 Å². The van der Waals surface area contributed by atoms with Gasteiger partial charge in [0.25, 0.3) is 0 Å². The van der Waals surface area contributed by atoms with Gasteiger partial charge in [-0.2, -0.15) is 0 Å². The van der Waals surface area contributed by atoms with Crippen molar-refractivity contribution >= 4 is 5.97 Å². The summed E-state index contributed by atoms with van der Waals surface area (Å²) >= 11 is 0. The first-order valence-electron chi connectivity index (χ1n) is 16.7. The Hall–Kier alpha value is -2.68. The van der Waals surface area contributed by atoms with E-state index in [4.69, 9.17) is 52.4 Å². The van der Waals surface area contributed by atoms with Gasteiger partial charge in [-0.25, -0.2) is 4.39 Å². The number of hydrogen-bond donors (Lipinski definition) is 9. The highest BCUT2D eigenvalue weighted by Crippen LogP contribution is 2.33. The van der Waals surface area contributed by atoms with Crippen molar-refractivity contribution in [2.75, 3.05) is 13.2 Å². The van der Waals surface area contributed by atoms with Crippen LogP contribution in [0.5, 0.6) is 0 Å². The summed E-state index contributed by atoms with van der Waals surface area (Å²) in [6.45, 7) is 2.67. The van der Waals surface area contributed by atoms with E-state index in [1.165, 1.54) is 6.07 Å². The molecule has 14 atom stereocenters. The van der Waals surface area contributed by atoms with E-state index in [0.717, 1.165) is 0 Å². The average molecular weight is 708 g/mol. The molecule has 3 fully saturated rings. The lowest BCUT2D eigenvalue weighted by atomic mass is 9.83. The molecule has 2 aliphatic heterocycles. The zero-order valence-electron chi connectivity index (χ0n) is 28.0. The van der Waals surface area contributed by atoms with Gasteiger partial charge in [-0.15, -0.1) is 0 Å². The molecule has 2 aromatic carbocycles. The molecule has 15 nitrogen and oxygen atoms in total. The Labute approximate surface area is 289 Å². The number of hydrogen-bond acceptors (Lipinski definition) is 15. The third-order valence-corrected chi connectivity index (χ3v) is 9.90. The van der Waals surface area contributed by atoms with E-state index in [-0.39, 0.29) is 19.4 Å². The van der Waals surface area contributed by atoms with Gasteiger partial charge in [0.05, 0.1) is 29.7 Å². The second kappa shape index (κ2) is 15.9. The van der Waals surface area contributed by atoms with Crippen molar-refractivity contribution in [3.8, 4) is 11.1 Å². The summed E-state index contributed by atoms with van der Waals surface area (Å²) in [6, 6.07) is 9.85. The molecule has 50 heavy (non-hydrogen) atoms. The molecule has 3 aliphatic rings. The number of carbonyl (C=O) groups is 1. The smallest absolute Gasteiger partial charge is 0.316 e. The van der Waals surface area contributed by atoms with Crippen molar-refractivity contribution < 1.29 is 53.3 Å². The molecule has 2 aromatic rings. The molecule has 0 spiro atoms. The van der Waals surface area contributed by atoms with Gasteiger partial charge in [0.1, 0.15) is 49.0 Å². The molecule has 2 saturated heterocycles. The van der Waals surface area contributed by atoms with Crippen molar-refractivity contribution in [3.05, 3.63) is 59.9 Å². The van der Waals surface area contributed by atoms with E-state index in [1.807, 2.05) is 6.07 Å². The SMILES string of the molecule is CC(C)(C(=O)OC[C@H]1O[C@H](O[C@@H]2[C@@H](O)[C@H](O[C@H]3O[C@H](CN)[C@@H](O)C[C@H]3N)[C@@H](N)C[C@H]2N)[C@H](O)[C@@H](N)[C@@H]1O)c1ccc(-c2ccccc2)c(F)c1. The number of benzene rings is 2. The number of aliphatic hydroxyl groups is 4. The van der Waals surface area contributed by atoms with Gasteiger partial charge in [0.15, 0.2) is 12.6 Å². The predicted octanol–water partition coefficient (Wildman–Crippen LogP) is -1.96. The van der Waals surface area contributed by atoms with Crippen molar-refractivity contribution in [2.45, 2.75) is 118 Å². The van der Waals surface area contributed by atoms with Gasteiger partial charge in [-0.05, 0) is 43.9 Å². The van der Waals surface area contributed by atoms with Crippen molar-refractivity contribution in [2.24, 2.45) is 28.7 Å². The minimum absolute atomic E-state index is 0.0149. The molecular weight excluding hydrogens is 657 g/mol. The molecule has 0 amide bonds. The van der Waals surface area contributed by atoms with E-state index >= 15 is 4.39 Å². The number of esters is 1. The van der Waals surface area contributed by atoms with Crippen LogP contribution in [0.4, 0.5) is 4.39 Å². The number of ether oxygens (including phenoxy) is 5. The van der Waals surface area contributed by atoms with Gasteiger partial charge >= 0.3 is 5.97 Å². The predicted molar refractivity (Wildman–Crippen MR) is 177 cm³/mol. The molecule has 1 saturated carbocycles. The fourth-order valence-electron chi connectivity index (χ4n) is 6.63. The number of aliphatic hydroxyl groups excluding tert-OH is 4. The highest BCUT2D eigenvalue weighted by Gasteiger charge is 2.50. The summed E-state index contributed by atoms with van der Waals surface area (Å²) in [5.74, 6) is -1.24. The first-order chi connectivity index (χ1) is 23.6. The number of halogens is 1. The third kappa shape index (κ3) is 8.03. The first kappa shape index (κ1) is 38.5. The lowest BCUT2D eigenvalue weighted by Crippen LogP contribution is -2.68. The second-order valence-electron chi connectivity index (χ2n) is 13.9. The fourth-order valence-corrected chi connectivity index (χ4v) is 6.63. The Morgan fingerprint density at radius 1 is 0.840 bits per heavy atom. The largest absolute Gasteiger partial charge is 0.462 e. The summed E-state index contributed by atoms with van der Waals surface area (Å²) in [6.07, 6.45) is -12.0. The maximum atomic E-state index is 15.1. The highest BCUT2D eigenvalue weighted by molar-refractivity contribution is 5.82. The standard InChI is InChI=1S/C34H50FN5O10/c1-34(2,16-8-9-17(18(35)10-16)15-6-4-3-5-7-15)33(45)46-14-24-26(42)25(40)27(43)32(48-24)50-30-20(38)11-19(37)29(28(30)44)49-31-21(39)12-22(41)23(13-36)47-31/h3-10,19-32,41-44H,11-14,36-40H2,1-2H3/t19-,20+,21+,22-,23+,24+,25-,26+,27+,28-,29+,30-,31+,32+/m0/s1. The molecule has 0 unspecified atom stereocenters. The monoisotopic (exact) mass is 707 g/mol. The number of rotatable bonds is 10. The Bertz CT molecular complexity index is 1440. The van der Waals surface area contributed by atoms with Crippen LogP contribution in [-0.4, -0.2) is 125 Å². The Morgan fingerprint density at radius 3 is 2.08 bits per heavy atom. The van der Waals surface area contributed by atoms with Crippen LogP contribution in [-0.2, 0) is 33.9 Å². The fraction of sp³-hybridized carbons (Fsp3) is 0.618. The summed E-state index contributed by atoms with van der Waals surface area (Å²) < 4.78 is 44.2. The van der Waals surface area contributed by atoms with Crippen molar-refractivity contribution in [1.82, 2.24) is 0 Å². The summed E-state index contributed by atoms with van der Waals surface area (Å²) in [4.78, 5) is 13.3. The molecule has 1 aliphatic carbocycles. The quantitative estimate of drug-likeness (QED) is 0.121. The molecule has 5 rings (SSSR count). The number of carbonyl (C=O) groups excluding carboxylic acids is 1. The lowest BCUT2D eigenvalue weighted by Gasteiger charge is -2.48. The molecule has 14 N–H and O–H groups in total. The van der Waals surface area contributed by atoms with Gasteiger partial charge in [0, 0.05) is 24.2 Å². The zero-order chi connectivity index (χ0) is 36.5. The van der Waals surface area contributed by atoms with Crippen LogP contribution in [0.25, 0.3) is 11.1 Å². The molecular formula is C34H50FN5O10. The van der Waals surface area contributed by atoms with Crippen LogP contribution < -0.4 is 28.7 Å². The van der Waals surface area contributed by atoms with Gasteiger partial charge in [-0.1, -0.05) is 42.5 Å².